The third-order valence-electron chi connectivity index (χ3n) is 2.84. The molecule has 1 aliphatic rings. The summed E-state index contributed by atoms with van der Waals surface area (Å²) in [5, 5.41) is 12.2. The van der Waals surface area contributed by atoms with E-state index in [0.717, 1.165) is 14.9 Å². The van der Waals surface area contributed by atoms with E-state index in [1.165, 1.54) is 6.08 Å². The quantitative estimate of drug-likeness (QED) is 0.808. The van der Waals surface area contributed by atoms with Gasteiger partial charge in [-0.25, -0.2) is 0 Å². The van der Waals surface area contributed by atoms with Crippen LogP contribution < -0.4 is 5.32 Å². The summed E-state index contributed by atoms with van der Waals surface area (Å²) in [5.74, 6) is -0.917. The molecule has 0 fully saturated rings. The molecule has 0 bridgehead atoms. The molecule has 2 rings (SSSR count). The first-order chi connectivity index (χ1) is 9.43. The van der Waals surface area contributed by atoms with Gasteiger partial charge < -0.3 is 10.4 Å². The van der Waals surface area contributed by atoms with E-state index in [1.807, 2.05) is 13.0 Å². The third-order valence-corrected chi connectivity index (χ3v) is 3.60. The SMILES string of the molecule is Cc1cc(Br)cc(Cl)c1NC1=CC(=O)N(CCO)C1=O. The van der Waals surface area contributed by atoms with Crippen molar-refractivity contribution in [1.82, 2.24) is 4.90 Å². The molecule has 0 spiro atoms. The lowest BCUT2D eigenvalue weighted by Crippen LogP contribution is -2.34. The van der Waals surface area contributed by atoms with Crippen molar-refractivity contribution in [2.45, 2.75) is 6.92 Å². The highest BCUT2D eigenvalue weighted by Gasteiger charge is 2.31. The number of β-amino-alcohol motifs (C(OH)–C–C–N with tert-alkyl or cyclic N) is 1. The summed E-state index contributed by atoms with van der Waals surface area (Å²) < 4.78 is 0.829. The minimum Gasteiger partial charge on any atom is -0.395 e. The van der Waals surface area contributed by atoms with Crippen LogP contribution in [0.25, 0.3) is 0 Å². The fraction of sp³-hybridized carbons (Fsp3) is 0.231. The Balaban J connectivity index is 2.26. The van der Waals surface area contributed by atoms with Gasteiger partial charge in [0, 0.05) is 10.5 Å². The van der Waals surface area contributed by atoms with Crippen molar-refractivity contribution in [1.29, 1.82) is 0 Å². The standard InChI is InChI=1S/C13H12BrClN2O3/c1-7-4-8(14)5-9(15)12(7)16-10-6-11(19)17(2-3-18)13(10)20/h4-6,16,18H,2-3H2,1H3. The van der Waals surface area contributed by atoms with Gasteiger partial charge in [0.05, 0.1) is 23.9 Å². The molecule has 1 aliphatic heterocycles. The molecule has 7 heteroatoms. The predicted octanol–water partition coefficient (Wildman–Crippen LogP) is 2.07. The summed E-state index contributed by atoms with van der Waals surface area (Å²) >= 11 is 9.45. The average molecular weight is 360 g/mol. The maximum absolute atomic E-state index is 12.0. The van der Waals surface area contributed by atoms with Crippen molar-refractivity contribution < 1.29 is 14.7 Å². The zero-order valence-electron chi connectivity index (χ0n) is 10.6. The minimum atomic E-state index is -0.470. The Hall–Kier alpha value is -1.37. The molecule has 106 valence electrons. The molecule has 0 saturated heterocycles. The molecular weight excluding hydrogens is 348 g/mol. The molecule has 1 aromatic carbocycles. The third kappa shape index (κ3) is 2.87. The summed E-state index contributed by atoms with van der Waals surface area (Å²) in [6.45, 7) is 1.55. The maximum atomic E-state index is 12.0. The number of carbonyl (C=O) groups is 2. The first-order valence-electron chi connectivity index (χ1n) is 5.85. The van der Waals surface area contributed by atoms with Crippen molar-refractivity contribution >= 4 is 45.0 Å². The van der Waals surface area contributed by atoms with Gasteiger partial charge in [0.15, 0.2) is 0 Å². The number of anilines is 1. The van der Waals surface area contributed by atoms with E-state index in [-0.39, 0.29) is 18.8 Å². The second-order valence-electron chi connectivity index (χ2n) is 4.28. The van der Waals surface area contributed by atoms with Crippen LogP contribution in [-0.2, 0) is 9.59 Å². The van der Waals surface area contributed by atoms with Gasteiger partial charge >= 0.3 is 0 Å². The molecule has 1 aromatic rings. The number of aliphatic hydroxyl groups excluding tert-OH is 1. The van der Waals surface area contributed by atoms with Crippen molar-refractivity contribution in [3.63, 3.8) is 0 Å². The van der Waals surface area contributed by atoms with Crippen LogP contribution in [0.5, 0.6) is 0 Å². The number of carbonyl (C=O) groups excluding carboxylic acids is 2. The second-order valence-corrected chi connectivity index (χ2v) is 5.60. The number of aliphatic hydroxyl groups is 1. The Morgan fingerprint density at radius 1 is 1.40 bits per heavy atom. The zero-order valence-corrected chi connectivity index (χ0v) is 13.0. The highest BCUT2D eigenvalue weighted by molar-refractivity contribution is 9.10. The van der Waals surface area contributed by atoms with Crippen LogP contribution in [0.2, 0.25) is 5.02 Å². The fourth-order valence-electron chi connectivity index (χ4n) is 1.91. The van der Waals surface area contributed by atoms with E-state index in [1.54, 1.807) is 6.07 Å². The van der Waals surface area contributed by atoms with Crippen LogP contribution in [0.3, 0.4) is 0 Å². The first kappa shape index (κ1) is 15.0. The Kier molecular flexibility index (Phi) is 4.47. The predicted molar refractivity (Wildman–Crippen MR) is 79.4 cm³/mol. The Labute approximate surface area is 129 Å². The normalized spacial score (nSPS) is 14.8. The van der Waals surface area contributed by atoms with Gasteiger partial charge in [0.2, 0.25) is 0 Å². The monoisotopic (exact) mass is 358 g/mol. The summed E-state index contributed by atoms with van der Waals surface area (Å²) in [7, 11) is 0. The maximum Gasteiger partial charge on any atom is 0.277 e. The summed E-state index contributed by atoms with van der Waals surface area (Å²) in [5.41, 5.74) is 1.56. The van der Waals surface area contributed by atoms with Gasteiger partial charge in [0.25, 0.3) is 11.8 Å². The molecule has 0 unspecified atom stereocenters. The molecule has 0 radical (unpaired) electrons. The van der Waals surface area contributed by atoms with Crippen LogP contribution in [0.1, 0.15) is 5.56 Å². The lowest BCUT2D eigenvalue weighted by atomic mass is 10.2. The smallest absolute Gasteiger partial charge is 0.277 e. The van der Waals surface area contributed by atoms with Crippen LogP contribution in [0.15, 0.2) is 28.4 Å². The number of aryl methyl sites for hydroxylation is 1. The van der Waals surface area contributed by atoms with Gasteiger partial charge in [0.1, 0.15) is 5.70 Å². The van der Waals surface area contributed by atoms with Crippen LogP contribution >= 0.6 is 27.5 Å². The fourth-order valence-corrected chi connectivity index (χ4v) is 2.92. The molecule has 5 nitrogen and oxygen atoms in total. The van der Waals surface area contributed by atoms with E-state index in [4.69, 9.17) is 16.7 Å². The lowest BCUT2D eigenvalue weighted by Gasteiger charge is -2.15. The van der Waals surface area contributed by atoms with E-state index in [9.17, 15) is 9.59 Å². The molecular formula is C13H12BrClN2O3. The molecule has 2 amide bonds. The van der Waals surface area contributed by atoms with Crippen LogP contribution in [0, 0.1) is 6.92 Å². The number of benzene rings is 1. The molecule has 0 saturated carbocycles. The van der Waals surface area contributed by atoms with Gasteiger partial charge in [-0.15, -0.1) is 0 Å². The first-order valence-corrected chi connectivity index (χ1v) is 7.02. The van der Waals surface area contributed by atoms with Crippen molar-refractivity contribution in [3.8, 4) is 0 Å². The number of imide groups is 1. The Bertz CT molecular complexity index is 593. The number of rotatable bonds is 4. The van der Waals surface area contributed by atoms with E-state index in [0.29, 0.717) is 10.7 Å². The topological polar surface area (TPSA) is 69.6 Å². The highest BCUT2D eigenvalue weighted by atomic mass is 79.9. The zero-order chi connectivity index (χ0) is 14.9. The average Bonchev–Trinajstić information content (AvgIpc) is 2.62. The second kappa shape index (κ2) is 5.95. The van der Waals surface area contributed by atoms with E-state index in [2.05, 4.69) is 21.2 Å². The van der Waals surface area contributed by atoms with E-state index < -0.39 is 11.8 Å². The molecule has 0 atom stereocenters. The minimum absolute atomic E-state index is 0.0214. The molecule has 2 N–H and O–H groups in total. The van der Waals surface area contributed by atoms with Crippen molar-refractivity contribution in [2.24, 2.45) is 0 Å². The van der Waals surface area contributed by atoms with Gasteiger partial charge in [-0.3, -0.25) is 14.5 Å². The molecule has 0 aromatic heterocycles. The number of hydrogen-bond donors (Lipinski definition) is 2. The lowest BCUT2D eigenvalue weighted by molar-refractivity contribution is -0.137. The largest absolute Gasteiger partial charge is 0.395 e. The number of hydrogen-bond acceptors (Lipinski definition) is 4. The van der Waals surface area contributed by atoms with Crippen molar-refractivity contribution in [3.05, 3.63) is 39.0 Å². The Morgan fingerprint density at radius 3 is 2.70 bits per heavy atom. The van der Waals surface area contributed by atoms with Crippen LogP contribution in [-0.4, -0.2) is 35.0 Å². The molecule has 0 aliphatic carbocycles. The number of nitrogens with one attached hydrogen (secondary N) is 1. The number of nitrogens with zero attached hydrogens (tertiary/aromatic N) is 1. The molecule has 1 heterocycles. The number of amides is 2. The van der Waals surface area contributed by atoms with Crippen molar-refractivity contribution in [2.75, 3.05) is 18.5 Å². The van der Waals surface area contributed by atoms with Crippen LogP contribution in [0.4, 0.5) is 5.69 Å². The van der Waals surface area contributed by atoms with E-state index >= 15 is 0 Å². The summed E-state index contributed by atoms with van der Waals surface area (Å²) in [6.07, 6.45) is 1.20. The highest BCUT2D eigenvalue weighted by Crippen LogP contribution is 2.31. The molecule has 20 heavy (non-hydrogen) atoms. The van der Waals surface area contributed by atoms with Gasteiger partial charge in [-0.05, 0) is 24.6 Å². The summed E-state index contributed by atoms with van der Waals surface area (Å²) in [4.78, 5) is 24.6. The summed E-state index contributed by atoms with van der Waals surface area (Å²) in [6, 6.07) is 3.55. The van der Waals surface area contributed by atoms with Gasteiger partial charge in [-0.2, -0.15) is 0 Å². The Morgan fingerprint density at radius 2 is 2.10 bits per heavy atom. The van der Waals surface area contributed by atoms with Gasteiger partial charge in [-0.1, -0.05) is 27.5 Å². The number of halogens is 2.